The van der Waals surface area contributed by atoms with Crippen molar-refractivity contribution >= 4 is 11.6 Å². The number of aromatic nitrogens is 3. The van der Waals surface area contributed by atoms with Crippen LogP contribution in [0.15, 0.2) is 48.8 Å². The molecule has 0 bridgehead atoms. The average Bonchev–Trinajstić information content (AvgIpc) is 3.03. The van der Waals surface area contributed by atoms with Gasteiger partial charge in [-0.25, -0.2) is 4.98 Å². The predicted molar refractivity (Wildman–Crippen MR) is 95.0 cm³/mol. The van der Waals surface area contributed by atoms with Gasteiger partial charge >= 0.3 is 0 Å². The van der Waals surface area contributed by atoms with Crippen LogP contribution in [0.4, 0.5) is 5.69 Å². The zero-order valence-electron chi connectivity index (χ0n) is 14.1. The second-order valence-electron chi connectivity index (χ2n) is 5.66. The normalized spacial score (nSPS) is 10.6. The highest BCUT2D eigenvalue weighted by Gasteiger charge is 2.11. The predicted octanol–water partition coefficient (Wildman–Crippen LogP) is 3.83. The molecular formula is C19H20N4O. The summed E-state index contributed by atoms with van der Waals surface area (Å²) in [4.78, 5) is 21.2. The second-order valence-corrected chi connectivity index (χ2v) is 5.66. The number of hydrogen-bond donors (Lipinski definition) is 1. The summed E-state index contributed by atoms with van der Waals surface area (Å²) in [5, 5.41) is 2.94. The first-order valence-corrected chi connectivity index (χ1v) is 7.95. The molecule has 122 valence electrons. The van der Waals surface area contributed by atoms with Crippen LogP contribution < -0.4 is 5.32 Å². The number of aryl methyl sites for hydroxylation is 3. The Morgan fingerprint density at radius 1 is 1.21 bits per heavy atom. The van der Waals surface area contributed by atoms with Crippen LogP contribution in [0.1, 0.15) is 28.7 Å². The van der Waals surface area contributed by atoms with E-state index < -0.39 is 0 Å². The van der Waals surface area contributed by atoms with Crippen molar-refractivity contribution in [3.63, 3.8) is 0 Å². The summed E-state index contributed by atoms with van der Waals surface area (Å²) in [6.07, 6.45) is 3.73. The maximum Gasteiger partial charge on any atom is 0.257 e. The molecule has 5 heteroatoms. The van der Waals surface area contributed by atoms with Crippen LogP contribution in [-0.2, 0) is 6.54 Å². The van der Waals surface area contributed by atoms with Gasteiger partial charge in [0.25, 0.3) is 5.91 Å². The first-order valence-electron chi connectivity index (χ1n) is 7.95. The van der Waals surface area contributed by atoms with E-state index in [0.29, 0.717) is 5.56 Å². The summed E-state index contributed by atoms with van der Waals surface area (Å²) in [6.45, 7) is 6.68. The number of nitrogens with zero attached hydrogens (tertiary/aromatic N) is 3. The molecule has 0 unspecified atom stereocenters. The van der Waals surface area contributed by atoms with Crippen molar-refractivity contribution in [1.82, 2.24) is 14.5 Å². The molecular weight excluding hydrogens is 300 g/mol. The highest BCUT2D eigenvalue weighted by atomic mass is 16.1. The Bertz CT molecular complexity index is 883. The van der Waals surface area contributed by atoms with E-state index in [9.17, 15) is 4.79 Å². The first-order chi connectivity index (χ1) is 11.6. The number of amides is 1. The fourth-order valence-corrected chi connectivity index (χ4v) is 2.69. The van der Waals surface area contributed by atoms with Gasteiger partial charge in [0.2, 0.25) is 0 Å². The molecule has 24 heavy (non-hydrogen) atoms. The van der Waals surface area contributed by atoms with E-state index in [1.807, 2.05) is 50.4 Å². The lowest BCUT2D eigenvalue weighted by molar-refractivity contribution is 0.102. The third-order valence-corrected chi connectivity index (χ3v) is 3.90. The third-order valence-electron chi connectivity index (χ3n) is 3.90. The lowest BCUT2D eigenvalue weighted by Crippen LogP contribution is -2.14. The maximum atomic E-state index is 12.5. The van der Waals surface area contributed by atoms with Gasteiger partial charge < -0.3 is 9.88 Å². The van der Waals surface area contributed by atoms with Crippen molar-refractivity contribution < 1.29 is 4.79 Å². The number of anilines is 1. The molecule has 0 saturated carbocycles. The molecule has 1 amide bonds. The number of benzene rings is 1. The second kappa shape index (κ2) is 6.66. The van der Waals surface area contributed by atoms with Crippen molar-refractivity contribution in [3.05, 3.63) is 65.7 Å². The molecule has 0 aliphatic heterocycles. The molecule has 3 rings (SSSR count). The third kappa shape index (κ3) is 3.20. The summed E-state index contributed by atoms with van der Waals surface area (Å²) < 4.78 is 2.06. The van der Waals surface area contributed by atoms with Gasteiger partial charge in [0.15, 0.2) is 0 Å². The Morgan fingerprint density at radius 2 is 2.04 bits per heavy atom. The van der Waals surface area contributed by atoms with E-state index in [-0.39, 0.29) is 5.91 Å². The Labute approximate surface area is 141 Å². The number of carbonyl (C=O) groups is 1. The number of nitrogens with one attached hydrogen (secondary N) is 1. The van der Waals surface area contributed by atoms with Crippen LogP contribution in [0.2, 0.25) is 0 Å². The number of hydrogen-bond acceptors (Lipinski definition) is 3. The van der Waals surface area contributed by atoms with Crippen LogP contribution in [-0.4, -0.2) is 20.4 Å². The molecule has 0 fully saturated rings. The Hall–Kier alpha value is -2.95. The first kappa shape index (κ1) is 15.9. The number of rotatable bonds is 4. The molecule has 0 atom stereocenters. The summed E-state index contributed by atoms with van der Waals surface area (Å²) >= 11 is 0. The zero-order chi connectivity index (χ0) is 17.1. The van der Waals surface area contributed by atoms with E-state index in [2.05, 4.69) is 26.8 Å². The van der Waals surface area contributed by atoms with Crippen molar-refractivity contribution in [3.8, 4) is 11.4 Å². The van der Waals surface area contributed by atoms with Crippen LogP contribution in [0.3, 0.4) is 0 Å². The van der Waals surface area contributed by atoms with Crippen molar-refractivity contribution in [2.45, 2.75) is 27.3 Å². The van der Waals surface area contributed by atoms with Gasteiger partial charge in [-0.05, 0) is 45.0 Å². The van der Waals surface area contributed by atoms with E-state index >= 15 is 0 Å². The van der Waals surface area contributed by atoms with E-state index in [4.69, 9.17) is 0 Å². The quantitative estimate of drug-likeness (QED) is 0.794. The van der Waals surface area contributed by atoms with E-state index in [0.717, 1.165) is 35.0 Å². The minimum absolute atomic E-state index is 0.156. The fourth-order valence-electron chi connectivity index (χ4n) is 2.69. The molecule has 0 saturated heterocycles. The lowest BCUT2D eigenvalue weighted by atomic mass is 10.1. The van der Waals surface area contributed by atoms with Crippen LogP contribution in [0, 0.1) is 13.8 Å². The van der Waals surface area contributed by atoms with Crippen molar-refractivity contribution in [2.24, 2.45) is 0 Å². The Morgan fingerprint density at radius 3 is 2.79 bits per heavy atom. The SMILES string of the molecule is CCn1ccnc1-c1cccc(NC(=O)c2ccc(C)nc2C)c1. The standard InChI is InChI=1S/C19H20N4O/c1-4-23-11-10-20-18(23)15-6-5-7-16(12-15)22-19(24)17-9-8-13(2)21-14(17)3/h5-12H,4H2,1-3H3,(H,22,24). The van der Waals surface area contributed by atoms with E-state index in [1.54, 1.807) is 12.3 Å². The molecule has 2 aromatic heterocycles. The molecule has 0 spiro atoms. The van der Waals surface area contributed by atoms with Crippen molar-refractivity contribution in [1.29, 1.82) is 0 Å². The number of imidazole rings is 1. The molecule has 0 aliphatic rings. The number of pyridine rings is 1. The molecule has 1 N–H and O–H groups in total. The summed E-state index contributed by atoms with van der Waals surface area (Å²) in [5.41, 5.74) is 3.92. The van der Waals surface area contributed by atoms with Gasteiger partial charge in [-0.2, -0.15) is 0 Å². The van der Waals surface area contributed by atoms with Gasteiger partial charge in [0.05, 0.1) is 11.3 Å². The Kier molecular flexibility index (Phi) is 4.42. The zero-order valence-corrected chi connectivity index (χ0v) is 14.1. The lowest BCUT2D eigenvalue weighted by Gasteiger charge is -2.10. The van der Waals surface area contributed by atoms with Gasteiger partial charge in [-0.15, -0.1) is 0 Å². The van der Waals surface area contributed by atoms with Crippen molar-refractivity contribution in [2.75, 3.05) is 5.32 Å². The Balaban J connectivity index is 1.86. The van der Waals surface area contributed by atoms with Gasteiger partial charge in [0, 0.05) is 35.9 Å². The van der Waals surface area contributed by atoms with Crippen LogP contribution >= 0.6 is 0 Å². The minimum Gasteiger partial charge on any atom is -0.331 e. The number of carbonyl (C=O) groups excluding carboxylic acids is 1. The van der Waals surface area contributed by atoms with Gasteiger partial charge in [0.1, 0.15) is 5.82 Å². The molecule has 3 aromatic rings. The van der Waals surface area contributed by atoms with Crippen LogP contribution in [0.25, 0.3) is 11.4 Å². The fraction of sp³-hybridized carbons (Fsp3) is 0.211. The van der Waals surface area contributed by atoms with Crippen LogP contribution in [0.5, 0.6) is 0 Å². The smallest absolute Gasteiger partial charge is 0.257 e. The van der Waals surface area contributed by atoms with Gasteiger partial charge in [-0.3, -0.25) is 9.78 Å². The minimum atomic E-state index is -0.156. The molecule has 1 aromatic carbocycles. The maximum absolute atomic E-state index is 12.5. The molecule has 2 heterocycles. The monoisotopic (exact) mass is 320 g/mol. The summed E-state index contributed by atoms with van der Waals surface area (Å²) in [5.74, 6) is 0.734. The highest BCUT2D eigenvalue weighted by molar-refractivity contribution is 6.05. The largest absolute Gasteiger partial charge is 0.331 e. The molecule has 5 nitrogen and oxygen atoms in total. The topological polar surface area (TPSA) is 59.8 Å². The van der Waals surface area contributed by atoms with E-state index in [1.165, 1.54) is 0 Å². The molecule has 0 radical (unpaired) electrons. The summed E-state index contributed by atoms with van der Waals surface area (Å²) in [6, 6.07) is 11.4. The average molecular weight is 320 g/mol. The highest BCUT2D eigenvalue weighted by Crippen LogP contribution is 2.22. The summed E-state index contributed by atoms with van der Waals surface area (Å²) in [7, 11) is 0. The van der Waals surface area contributed by atoms with Gasteiger partial charge in [-0.1, -0.05) is 12.1 Å². The molecule has 0 aliphatic carbocycles.